The van der Waals surface area contributed by atoms with Crippen LogP contribution in [0.1, 0.15) is 44.2 Å². The van der Waals surface area contributed by atoms with Gasteiger partial charge in [0.1, 0.15) is 11.6 Å². The highest BCUT2D eigenvalue weighted by Gasteiger charge is 2.12. The standard InChI is InChI=1S/C22H30N4O2/c1-17(2)28-20-8-6-7-18(13-20)15-24-22(27)25-16-19-9-10-23-21(14-19)26-11-4-3-5-12-26/h6-10,13-14,17H,3-5,11-12,15-16H2,1-2H3,(H2,24,25,27). The quantitative estimate of drug-likeness (QED) is 0.763. The van der Waals surface area contributed by atoms with Crippen molar-refractivity contribution in [3.63, 3.8) is 0 Å². The first kappa shape index (κ1) is 20.0. The molecule has 0 unspecified atom stereocenters. The van der Waals surface area contributed by atoms with Gasteiger partial charge in [-0.15, -0.1) is 0 Å². The van der Waals surface area contributed by atoms with Gasteiger partial charge in [-0.05, 0) is 68.5 Å². The van der Waals surface area contributed by atoms with Crippen LogP contribution in [-0.2, 0) is 13.1 Å². The third-order valence-electron chi connectivity index (χ3n) is 4.67. The zero-order valence-corrected chi connectivity index (χ0v) is 16.8. The zero-order valence-electron chi connectivity index (χ0n) is 16.8. The van der Waals surface area contributed by atoms with Gasteiger partial charge in [-0.3, -0.25) is 0 Å². The van der Waals surface area contributed by atoms with Gasteiger partial charge >= 0.3 is 6.03 Å². The number of ether oxygens (including phenoxy) is 1. The number of carbonyl (C=O) groups excluding carboxylic acids is 1. The van der Waals surface area contributed by atoms with E-state index in [1.54, 1.807) is 0 Å². The second kappa shape index (κ2) is 9.97. The van der Waals surface area contributed by atoms with Crippen LogP contribution in [0.4, 0.5) is 10.6 Å². The van der Waals surface area contributed by atoms with E-state index in [4.69, 9.17) is 4.74 Å². The van der Waals surface area contributed by atoms with Crippen LogP contribution in [-0.4, -0.2) is 30.2 Å². The van der Waals surface area contributed by atoms with Gasteiger partial charge < -0.3 is 20.3 Å². The minimum absolute atomic E-state index is 0.127. The number of rotatable bonds is 7. The number of aromatic nitrogens is 1. The summed E-state index contributed by atoms with van der Waals surface area (Å²) in [5, 5.41) is 5.81. The van der Waals surface area contributed by atoms with Crippen LogP contribution in [0.3, 0.4) is 0 Å². The molecule has 1 aliphatic rings. The van der Waals surface area contributed by atoms with E-state index in [0.29, 0.717) is 13.1 Å². The maximum Gasteiger partial charge on any atom is 0.315 e. The van der Waals surface area contributed by atoms with Crippen LogP contribution in [0, 0.1) is 0 Å². The van der Waals surface area contributed by atoms with Crippen LogP contribution < -0.4 is 20.3 Å². The largest absolute Gasteiger partial charge is 0.491 e. The Morgan fingerprint density at radius 3 is 2.50 bits per heavy atom. The number of hydrogen-bond donors (Lipinski definition) is 2. The number of nitrogens with zero attached hydrogens (tertiary/aromatic N) is 2. The Morgan fingerprint density at radius 1 is 1.07 bits per heavy atom. The molecule has 6 heteroatoms. The summed E-state index contributed by atoms with van der Waals surface area (Å²) in [4.78, 5) is 19.0. The summed E-state index contributed by atoms with van der Waals surface area (Å²) in [6.07, 6.45) is 5.68. The topological polar surface area (TPSA) is 66.5 Å². The smallest absolute Gasteiger partial charge is 0.315 e. The molecule has 1 fully saturated rings. The molecule has 0 aliphatic carbocycles. The third kappa shape index (κ3) is 6.15. The van der Waals surface area contributed by atoms with Gasteiger partial charge in [0.2, 0.25) is 0 Å². The van der Waals surface area contributed by atoms with Gasteiger partial charge in [-0.25, -0.2) is 9.78 Å². The first-order valence-electron chi connectivity index (χ1n) is 10.1. The lowest BCUT2D eigenvalue weighted by molar-refractivity contribution is 0.239. The van der Waals surface area contributed by atoms with E-state index in [1.807, 2.05) is 50.4 Å². The van der Waals surface area contributed by atoms with Crippen LogP contribution in [0.15, 0.2) is 42.6 Å². The summed E-state index contributed by atoms with van der Waals surface area (Å²) in [6.45, 7) is 7.04. The number of benzene rings is 1. The lowest BCUT2D eigenvalue weighted by Gasteiger charge is -2.27. The molecular weight excluding hydrogens is 352 g/mol. The molecule has 1 aromatic carbocycles. The van der Waals surface area contributed by atoms with Gasteiger partial charge in [0.25, 0.3) is 0 Å². The minimum Gasteiger partial charge on any atom is -0.491 e. The van der Waals surface area contributed by atoms with Crippen LogP contribution in [0.2, 0.25) is 0 Å². The molecule has 0 bridgehead atoms. The summed E-state index contributed by atoms with van der Waals surface area (Å²) < 4.78 is 5.69. The molecule has 1 saturated heterocycles. The third-order valence-corrected chi connectivity index (χ3v) is 4.67. The van der Waals surface area contributed by atoms with Gasteiger partial charge in [-0.1, -0.05) is 12.1 Å². The Balaban J connectivity index is 1.47. The Morgan fingerprint density at radius 2 is 1.79 bits per heavy atom. The van der Waals surface area contributed by atoms with E-state index < -0.39 is 0 Å². The minimum atomic E-state index is -0.188. The SMILES string of the molecule is CC(C)Oc1cccc(CNC(=O)NCc2ccnc(N3CCCCC3)c2)c1. The fourth-order valence-corrected chi connectivity index (χ4v) is 3.29. The molecular formula is C22H30N4O2. The summed E-state index contributed by atoms with van der Waals surface area (Å²) in [5.74, 6) is 1.82. The molecule has 2 heterocycles. The Labute approximate surface area is 167 Å². The average molecular weight is 383 g/mol. The van der Waals surface area contributed by atoms with Gasteiger partial charge in [0.05, 0.1) is 6.10 Å². The average Bonchev–Trinajstić information content (AvgIpc) is 2.71. The van der Waals surface area contributed by atoms with Crippen LogP contribution >= 0.6 is 0 Å². The van der Waals surface area contributed by atoms with E-state index in [1.165, 1.54) is 19.3 Å². The number of nitrogens with one attached hydrogen (secondary N) is 2. The van der Waals surface area contributed by atoms with Crippen molar-refractivity contribution in [2.45, 2.75) is 52.3 Å². The van der Waals surface area contributed by atoms with Crippen molar-refractivity contribution in [2.75, 3.05) is 18.0 Å². The molecule has 0 saturated carbocycles. The van der Waals surface area contributed by atoms with Crippen molar-refractivity contribution < 1.29 is 9.53 Å². The number of piperidine rings is 1. The number of anilines is 1. The van der Waals surface area contributed by atoms with Crippen LogP contribution in [0.25, 0.3) is 0 Å². The highest BCUT2D eigenvalue weighted by molar-refractivity contribution is 5.73. The van der Waals surface area contributed by atoms with E-state index in [9.17, 15) is 4.79 Å². The fourth-order valence-electron chi connectivity index (χ4n) is 3.29. The number of urea groups is 1. The Bertz CT molecular complexity index is 773. The molecule has 3 rings (SSSR count). The van der Waals surface area contributed by atoms with E-state index >= 15 is 0 Å². The highest BCUT2D eigenvalue weighted by Crippen LogP contribution is 2.18. The molecule has 2 N–H and O–H groups in total. The maximum absolute atomic E-state index is 12.2. The van der Waals surface area contributed by atoms with Crippen molar-refractivity contribution in [2.24, 2.45) is 0 Å². The predicted octanol–water partition coefficient (Wildman–Crippen LogP) is 3.86. The number of amides is 2. The molecule has 0 atom stereocenters. The van der Waals surface area contributed by atoms with Gasteiger partial charge in [0, 0.05) is 32.4 Å². The maximum atomic E-state index is 12.2. The molecule has 2 amide bonds. The number of pyridine rings is 1. The molecule has 150 valence electrons. The zero-order chi connectivity index (χ0) is 19.8. The molecule has 6 nitrogen and oxygen atoms in total. The molecule has 2 aromatic rings. The predicted molar refractivity (Wildman–Crippen MR) is 112 cm³/mol. The summed E-state index contributed by atoms with van der Waals surface area (Å²) >= 11 is 0. The second-order valence-electron chi connectivity index (χ2n) is 7.42. The fraction of sp³-hybridized carbons (Fsp3) is 0.455. The highest BCUT2D eigenvalue weighted by atomic mass is 16.5. The first-order chi connectivity index (χ1) is 13.6. The Kier molecular flexibility index (Phi) is 7.12. The number of hydrogen-bond acceptors (Lipinski definition) is 4. The van der Waals surface area contributed by atoms with E-state index in [0.717, 1.165) is 35.8 Å². The van der Waals surface area contributed by atoms with Crippen molar-refractivity contribution >= 4 is 11.8 Å². The molecule has 0 radical (unpaired) electrons. The van der Waals surface area contributed by atoms with Crippen molar-refractivity contribution in [1.82, 2.24) is 15.6 Å². The van der Waals surface area contributed by atoms with E-state index in [-0.39, 0.29) is 12.1 Å². The second-order valence-corrected chi connectivity index (χ2v) is 7.42. The first-order valence-corrected chi connectivity index (χ1v) is 10.1. The van der Waals surface area contributed by atoms with Crippen molar-refractivity contribution in [3.8, 4) is 5.75 Å². The van der Waals surface area contributed by atoms with Crippen LogP contribution in [0.5, 0.6) is 5.75 Å². The molecule has 1 aromatic heterocycles. The molecule has 28 heavy (non-hydrogen) atoms. The van der Waals surface area contributed by atoms with Crippen molar-refractivity contribution in [3.05, 3.63) is 53.7 Å². The van der Waals surface area contributed by atoms with Gasteiger partial charge in [0.15, 0.2) is 0 Å². The lowest BCUT2D eigenvalue weighted by atomic mass is 10.1. The van der Waals surface area contributed by atoms with E-state index in [2.05, 4.69) is 26.6 Å². The normalized spacial score (nSPS) is 14.0. The monoisotopic (exact) mass is 382 g/mol. The number of carbonyl (C=O) groups is 1. The molecule has 1 aliphatic heterocycles. The molecule has 0 spiro atoms. The van der Waals surface area contributed by atoms with Gasteiger partial charge in [-0.2, -0.15) is 0 Å². The summed E-state index contributed by atoms with van der Waals surface area (Å²) in [6, 6.07) is 11.6. The Hall–Kier alpha value is -2.76. The summed E-state index contributed by atoms with van der Waals surface area (Å²) in [7, 11) is 0. The lowest BCUT2D eigenvalue weighted by Crippen LogP contribution is -2.34. The summed E-state index contributed by atoms with van der Waals surface area (Å²) in [5.41, 5.74) is 2.06. The van der Waals surface area contributed by atoms with Crippen molar-refractivity contribution in [1.29, 1.82) is 0 Å².